The Morgan fingerprint density at radius 3 is 1.90 bits per heavy atom. The van der Waals surface area contributed by atoms with E-state index < -0.39 is 25.7 Å². The van der Waals surface area contributed by atoms with Gasteiger partial charge in [-0.25, -0.2) is 0 Å². The maximum atomic E-state index is 10.4. The van der Waals surface area contributed by atoms with Gasteiger partial charge in [0.05, 0.1) is 11.7 Å². The van der Waals surface area contributed by atoms with Crippen molar-refractivity contribution in [3.05, 3.63) is 0 Å². The van der Waals surface area contributed by atoms with Crippen LogP contribution in [0.5, 0.6) is 0 Å². The molecule has 7 heteroatoms. The molecule has 1 rings (SSSR count). The molecule has 0 aromatic heterocycles. The van der Waals surface area contributed by atoms with E-state index in [1.165, 1.54) is 64.7 Å². The van der Waals surface area contributed by atoms with Crippen LogP contribution in [-0.2, 0) is 4.79 Å². The number of carbonyl (C=O) groups is 1. The van der Waals surface area contributed by atoms with Crippen molar-refractivity contribution >= 4 is 48.8 Å². The van der Waals surface area contributed by atoms with E-state index >= 15 is 0 Å². The van der Waals surface area contributed by atoms with Gasteiger partial charge >= 0.3 is 92.4 Å². The van der Waals surface area contributed by atoms with E-state index in [0.29, 0.717) is 11.2 Å². The number of nitrogens with one attached hydrogen (secondary N) is 2. The van der Waals surface area contributed by atoms with Crippen LogP contribution in [0.1, 0.15) is 98.3 Å². The Morgan fingerprint density at radius 1 is 1.00 bits per heavy atom. The second-order valence-electron chi connectivity index (χ2n) is 7.97. The van der Waals surface area contributed by atoms with Gasteiger partial charge in [-0.15, -0.1) is 0 Å². The summed E-state index contributed by atoms with van der Waals surface area (Å²) in [5.41, 5.74) is 2.38. The number of thiocarbonyl (C=S) groups is 1. The minimum absolute atomic E-state index is 0.118. The van der Waals surface area contributed by atoms with Crippen LogP contribution in [0.2, 0.25) is 13.3 Å². The third-order valence-corrected chi connectivity index (χ3v) is 14.5. The minimum atomic E-state index is -1.30. The van der Waals surface area contributed by atoms with Crippen molar-refractivity contribution in [1.29, 1.82) is 0 Å². The molecule has 0 heterocycles. The number of rotatable bonds is 12. The van der Waals surface area contributed by atoms with E-state index in [2.05, 4.69) is 36.6 Å². The molecule has 2 N–H and O–H groups in total. The number of carboxylic acid groups (broad SMARTS) is 1. The number of hydrogen-bond acceptors (Lipinski definition) is 4. The molecule has 1 saturated carbocycles. The van der Waals surface area contributed by atoms with Crippen LogP contribution in [0.15, 0.2) is 5.10 Å². The zero-order valence-electron chi connectivity index (χ0n) is 19.1. The molecular formula is C22H43N3O2SSn. The standard InChI is InChI=1S/C10H17N3O2S.3C4H9.Sn/c1-7(9(14)15)12-13-10(16)11-8-5-3-2-4-6-8;3*1-3-4-2;/h8H,2-6H2,1H3,(H,14,15)(H2,11,13,16);3*1,3-4H2,2H3;/q;;;;+1/p-1/b12-7+;;;;. The van der Waals surface area contributed by atoms with Crippen molar-refractivity contribution in [1.82, 2.24) is 10.7 Å². The molecule has 5 nitrogen and oxygen atoms in total. The average Bonchev–Trinajstić information content (AvgIpc) is 2.72. The van der Waals surface area contributed by atoms with E-state index in [4.69, 9.17) is 12.2 Å². The fourth-order valence-corrected chi connectivity index (χ4v) is 13.0. The second-order valence-corrected chi connectivity index (χ2v) is 16.9. The number of carboxylic acids is 1. The summed E-state index contributed by atoms with van der Waals surface area (Å²) in [5, 5.41) is 17.4. The van der Waals surface area contributed by atoms with E-state index in [0.717, 1.165) is 12.8 Å². The second kappa shape index (κ2) is 19.6. The average molecular weight is 532 g/mol. The monoisotopic (exact) mass is 533 g/mol. The maximum absolute atomic E-state index is 10.4. The zero-order chi connectivity index (χ0) is 21.9. The summed E-state index contributed by atoms with van der Waals surface area (Å²) in [6, 6.07) is 0.382. The fraction of sp³-hybridized carbons (Fsp3) is 0.864. The molecule has 1 aliphatic rings. The van der Waals surface area contributed by atoms with Crippen molar-refractivity contribution in [3.63, 3.8) is 0 Å². The van der Waals surface area contributed by atoms with Gasteiger partial charge in [-0.05, 0) is 32.0 Å². The van der Waals surface area contributed by atoms with Gasteiger partial charge in [0.2, 0.25) is 0 Å². The summed E-state index contributed by atoms with van der Waals surface area (Å²) in [4.78, 5) is 10.4. The van der Waals surface area contributed by atoms with Crippen LogP contribution in [0.4, 0.5) is 0 Å². The third-order valence-electron chi connectivity index (χ3n) is 5.21. The topological polar surface area (TPSA) is 76.5 Å². The van der Waals surface area contributed by atoms with Crippen molar-refractivity contribution in [2.24, 2.45) is 5.10 Å². The molecule has 0 aromatic rings. The Balaban J connectivity index is 0.000000555. The predicted molar refractivity (Wildman–Crippen MR) is 129 cm³/mol. The SMILES string of the molecule is C/C(=N\NC(=S)NC1CCCCC1)C(=O)[O-].CCC[CH2][Sn+]([CH2]CCC)[CH2]CCC. The fourth-order valence-electron chi connectivity index (χ4n) is 3.30. The molecule has 29 heavy (non-hydrogen) atoms. The van der Waals surface area contributed by atoms with E-state index in [1.54, 1.807) is 13.3 Å². The molecule has 0 saturated heterocycles. The van der Waals surface area contributed by atoms with Crippen LogP contribution in [0, 0.1) is 0 Å². The van der Waals surface area contributed by atoms with Crippen molar-refractivity contribution in [2.45, 2.75) is 118 Å². The van der Waals surface area contributed by atoms with Crippen molar-refractivity contribution < 1.29 is 9.90 Å². The molecule has 1 fully saturated rings. The van der Waals surface area contributed by atoms with E-state index in [-0.39, 0.29) is 5.71 Å². The van der Waals surface area contributed by atoms with Crippen LogP contribution in [0.25, 0.3) is 0 Å². The van der Waals surface area contributed by atoms with E-state index in [9.17, 15) is 9.90 Å². The molecule has 168 valence electrons. The summed E-state index contributed by atoms with van der Waals surface area (Å²) >= 11 is 4.16. The molecule has 0 aromatic carbocycles. The van der Waals surface area contributed by atoms with Gasteiger partial charge in [-0.3, -0.25) is 5.43 Å². The van der Waals surface area contributed by atoms with Gasteiger partial charge < -0.3 is 15.2 Å². The summed E-state index contributed by atoms with van der Waals surface area (Å²) in [5.74, 6) is -1.30. The van der Waals surface area contributed by atoms with Crippen LogP contribution in [-0.4, -0.2) is 42.6 Å². The predicted octanol–water partition coefficient (Wildman–Crippen LogP) is 4.79. The summed E-state index contributed by atoms with van der Waals surface area (Å²) in [7, 11) is 0. The van der Waals surface area contributed by atoms with Gasteiger partial charge in [0.25, 0.3) is 0 Å². The summed E-state index contributed by atoms with van der Waals surface area (Å²) in [6.07, 6.45) is 14.7. The first-order valence-electron chi connectivity index (χ1n) is 11.6. The number of aliphatic carboxylic acids is 1. The Labute approximate surface area is 191 Å². The first kappa shape index (κ1) is 28.6. The van der Waals surface area contributed by atoms with Gasteiger partial charge in [0, 0.05) is 6.04 Å². The Hall–Kier alpha value is -0.371. The molecule has 0 atom stereocenters. The van der Waals surface area contributed by atoms with Crippen LogP contribution in [0.3, 0.4) is 0 Å². The normalized spacial score (nSPS) is 14.6. The van der Waals surface area contributed by atoms with Crippen molar-refractivity contribution in [3.8, 4) is 0 Å². The number of hydrogen-bond donors (Lipinski definition) is 2. The number of carbonyl (C=O) groups excluding carboxylic acids is 1. The zero-order valence-corrected chi connectivity index (χ0v) is 22.8. The molecule has 0 radical (unpaired) electrons. The quantitative estimate of drug-likeness (QED) is 0.164. The molecule has 0 bridgehead atoms. The van der Waals surface area contributed by atoms with Gasteiger partial charge in [-0.2, -0.15) is 5.10 Å². The first-order valence-corrected chi connectivity index (χ1v) is 18.1. The number of hydrazone groups is 1. The molecule has 0 amide bonds. The Morgan fingerprint density at radius 2 is 1.48 bits per heavy atom. The van der Waals surface area contributed by atoms with Crippen LogP contribution < -0.4 is 15.8 Å². The van der Waals surface area contributed by atoms with Gasteiger partial charge in [-0.1, -0.05) is 19.3 Å². The molecule has 0 aliphatic heterocycles. The summed E-state index contributed by atoms with van der Waals surface area (Å²) in [6.45, 7) is 8.35. The van der Waals surface area contributed by atoms with Crippen LogP contribution >= 0.6 is 12.2 Å². The molecule has 1 aliphatic carbocycles. The third kappa shape index (κ3) is 17.0. The Kier molecular flexibility index (Phi) is 19.3. The Bertz CT molecular complexity index is 450. The molecule has 0 spiro atoms. The molecule has 0 unspecified atom stereocenters. The summed E-state index contributed by atoms with van der Waals surface area (Å²) < 4.78 is 5.04. The van der Waals surface area contributed by atoms with Crippen molar-refractivity contribution in [2.75, 3.05) is 0 Å². The molecular weight excluding hydrogens is 489 g/mol. The number of nitrogens with zero attached hydrogens (tertiary/aromatic N) is 1. The van der Waals surface area contributed by atoms with Gasteiger partial charge in [0.1, 0.15) is 0 Å². The van der Waals surface area contributed by atoms with E-state index in [1.807, 2.05) is 0 Å². The van der Waals surface area contributed by atoms with Gasteiger partial charge in [0.15, 0.2) is 5.11 Å². The number of unbranched alkanes of at least 4 members (excludes halogenated alkanes) is 3. The first-order chi connectivity index (χ1) is 13.9.